The quantitative estimate of drug-likeness (QED) is 0.206. The third-order valence-electron chi connectivity index (χ3n) is 6.84. The van der Waals surface area contributed by atoms with E-state index in [4.69, 9.17) is 9.53 Å². The molecule has 1 aromatic carbocycles. The van der Waals surface area contributed by atoms with Crippen molar-refractivity contribution < 1.29 is 19.1 Å². The standard InChI is InChI=1S/C28H40O4Si/c1-28(2,3)33(4,5)32-24(21-22-13-9-8-10-14-22)19-17-23-18-20-26(29)25(23)15-11-6-7-12-16-27(30)31/h6,8-10,12-14,18,24-25H,11,15-17,19-21H2,1-5H3,(H,30,31)/t7?,24-,25+/m0/s1. The second-order valence-corrected chi connectivity index (χ2v) is 15.2. The number of aliphatic carboxylic acids is 1. The molecule has 0 saturated heterocycles. The van der Waals surface area contributed by atoms with E-state index in [1.165, 1.54) is 17.2 Å². The minimum atomic E-state index is -1.92. The van der Waals surface area contributed by atoms with Crippen molar-refractivity contribution in [1.82, 2.24) is 0 Å². The van der Waals surface area contributed by atoms with E-state index in [-0.39, 0.29) is 29.3 Å². The van der Waals surface area contributed by atoms with Crippen molar-refractivity contribution in [3.05, 3.63) is 65.4 Å². The molecule has 2 atom stereocenters. The number of carboxylic acid groups (broad SMARTS) is 1. The number of hydrogen-bond donors (Lipinski definition) is 1. The monoisotopic (exact) mass is 468 g/mol. The average Bonchev–Trinajstić information content (AvgIpc) is 3.08. The van der Waals surface area contributed by atoms with Gasteiger partial charge in [0, 0.05) is 18.4 Å². The van der Waals surface area contributed by atoms with Gasteiger partial charge in [0.2, 0.25) is 0 Å². The number of carbonyl (C=O) groups excluding carboxylic acids is 1. The Labute approximate surface area is 200 Å². The van der Waals surface area contributed by atoms with Gasteiger partial charge in [-0.25, -0.2) is 0 Å². The molecule has 0 spiro atoms. The van der Waals surface area contributed by atoms with Gasteiger partial charge in [-0.15, -0.1) is 5.73 Å². The Kier molecular flexibility index (Phi) is 10.1. The van der Waals surface area contributed by atoms with Crippen molar-refractivity contribution in [2.45, 2.75) is 90.0 Å². The third-order valence-corrected chi connectivity index (χ3v) is 11.4. The number of ketones is 1. The molecular weight excluding hydrogens is 428 g/mol. The zero-order chi connectivity index (χ0) is 24.5. The maximum Gasteiger partial charge on any atom is 0.307 e. The molecule has 0 aromatic heterocycles. The van der Waals surface area contributed by atoms with E-state index < -0.39 is 14.3 Å². The lowest BCUT2D eigenvalue weighted by atomic mass is 9.90. The molecule has 0 heterocycles. The minimum Gasteiger partial charge on any atom is -0.481 e. The van der Waals surface area contributed by atoms with Crippen LogP contribution in [0.1, 0.15) is 64.9 Å². The van der Waals surface area contributed by atoms with Crippen molar-refractivity contribution in [2.75, 3.05) is 0 Å². The number of carboxylic acids is 1. The molecular formula is C28H40O4Si. The van der Waals surface area contributed by atoms with Crippen LogP contribution in [0.25, 0.3) is 0 Å². The summed E-state index contributed by atoms with van der Waals surface area (Å²) in [6, 6.07) is 10.5. The molecule has 5 heteroatoms. The van der Waals surface area contributed by atoms with Crippen molar-refractivity contribution >= 4 is 20.1 Å². The SMILES string of the molecule is CC(C)(C)[Si](C)(C)O[C@@H](CCC1=CCC(=O)[C@@H]1CCC=C=CCC(=O)O)Cc1ccccc1. The Balaban J connectivity index is 2.02. The van der Waals surface area contributed by atoms with E-state index in [9.17, 15) is 9.59 Å². The lowest BCUT2D eigenvalue weighted by Crippen LogP contribution is -2.44. The van der Waals surface area contributed by atoms with Crippen LogP contribution in [0.15, 0.2) is 59.9 Å². The molecule has 2 rings (SSSR count). The van der Waals surface area contributed by atoms with E-state index in [1.807, 2.05) is 12.1 Å². The molecule has 0 amide bonds. The highest BCUT2D eigenvalue weighted by atomic mass is 28.4. The first-order valence-electron chi connectivity index (χ1n) is 12.0. The topological polar surface area (TPSA) is 63.6 Å². The summed E-state index contributed by atoms with van der Waals surface area (Å²) in [6.45, 7) is 11.4. The fraction of sp³-hybridized carbons (Fsp3) is 0.536. The van der Waals surface area contributed by atoms with Gasteiger partial charge >= 0.3 is 5.97 Å². The highest BCUT2D eigenvalue weighted by Crippen LogP contribution is 2.39. The van der Waals surface area contributed by atoms with Crippen LogP contribution in [-0.4, -0.2) is 31.3 Å². The van der Waals surface area contributed by atoms with Gasteiger partial charge in [-0.05, 0) is 68.0 Å². The van der Waals surface area contributed by atoms with E-state index >= 15 is 0 Å². The Bertz CT molecular complexity index is 886. The van der Waals surface area contributed by atoms with Crippen LogP contribution < -0.4 is 0 Å². The fourth-order valence-electron chi connectivity index (χ4n) is 3.91. The van der Waals surface area contributed by atoms with Crippen molar-refractivity contribution in [1.29, 1.82) is 0 Å². The Hall–Kier alpha value is -2.20. The van der Waals surface area contributed by atoms with Crippen molar-refractivity contribution in [3.8, 4) is 0 Å². The van der Waals surface area contributed by atoms with Crippen LogP contribution in [0.4, 0.5) is 0 Å². The highest BCUT2D eigenvalue weighted by Gasteiger charge is 2.39. The molecule has 0 saturated carbocycles. The van der Waals surface area contributed by atoms with E-state index in [2.05, 4.69) is 69.9 Å². The van der Waals surface area contributed by atoms with Crippen molar-refractivity contribution in [3.63, 3.8) is 0 Å². The smallest absolute Gasteiger partial charge is 0.307 e. The predicted molar refractivity (Wildman–Crippen MR) is 137 cm³/mol. The largest absolute Gasteiger partial charge is 0.481 e. The summed E-state index contributed by atoms with van der Waals surface area (Å²) in [5, 5.41) is 8.83. The van der Waals surface area contributed by atoms with Crippen LogP contribution in [0.2, 0.25) is 18.1 Å². The number of allylic oxidation sites excluding steroid dienone is 2. The van der Waals surface area contributed by atoms with Gasteiger partial charge in [-0.3, -0.25) is 9.59 Å². The summed E-state index contributed by atoms with van der Waals surface area (Å²) in [5.74, 6) is -0.609. The zero-order valence-corrected chi connectivity index (χ0v) is 21.9. The van der Waals surface area contributed by atoms with Gasteiger partial charge in [0.05, 0.1) is 6.42 Å². The second kappa shape index (κ2) is 12.3. The minimum absolute atomic E-state index is 0.0267. The maximum atomic E-state index is 12.5. The number of rotatable bonds is 12. The number of hydrogen-bond acceptors (Lipinski definition) is 3. The first-order chi connectivity index (χ1) is 15.5. The van der Waals surface area contributed by atoms with Crippen LogP contribution >= 0.6 is 0 Å². The van der Waals surface area contributed by atoms with Crippen molar-refractivity contribution in [2.24, 2.45) is 5.92 Å². The van der Waals surface area contributed by atoms with Crippen LogP contribution in [-0.2, 0) is 20.4 Å². The molecule has 0 radical (unpaired) electrons. The number of carbonyl (C=O) groups is 2. The predicted octanol–water partition coefficient (Wildman–Crippen LogP) is 6.88. The number of benzene rings is 1. The zero-order valence-electron chi connectivity index (χ0n) is 20.9. The molecule has 0 aliphatic heterocycles. The van der Waals surface area contributed by atoms with Crippen LogP contribution in [0, 0.1) is 5.92 Å². The number of Topliss-reactive ketones (excluding diaryl/α,β-unsaturated/α-hetero) is 1. The van der Waals surface area contributed by atoms with Crippen LogP contribution in [0.5, 0.6) is 0 Å². The molecule has 180 valence electrons. The van der Waals surface area contributed by atoms with E-state index in [1.54, 1.807) is 0 Å². The van der Waals surface area contributed by atoms with Gasteiger partial charge in [-0.2, -0.15) is 0 Å². The average molecular weight is 469 g/mol. The summed E-state index contributed by atoms with van der Waals surface area (Å²) in [5.41, 5.74) is 5.43. The molecule has 33 heavy (non-hydrogen) atoms. The summed E-state index contributed by atoms with van der Waals surface area (Å²) in [4.78, 5) is 23.1. The van der Waals surface area contributed by atoms with Gasteiger partial charge in [0.15, 0.2) is 8.32 Å². The van der Waals surface area contributed by atoms with Gasteiger partial charge in [-0.1, -0.05) is 62.8 Å². The van der Waals surface area contributed by atoms with E-state index in [0.717, 1.165) is 32.1 Å². The molecule has 0 unspecified atom stereocenters. The Morgan fingerprint density at radius 1 is 1.24 bits per heavy atom. The second-order valence-electron chi connectivity index (χ2n) is 10.5. The van der Waals surface area contributed by atoms with E-state index in [0.29, 0.717) is 6.42 Å². The Morgan fingerprint density at radius 3 is 2.58 bits per heavy atom. The lowest BCUT2D eigenvalue weighted by Gasteiger charge is -2.39. The normalized spacial score (nSPS) is 17.3. The van der Waals surface area contributed by atoms with Crippen LogP contribution in [0.3, 0.4) is 0 Å². The molecule has 1 aliphatic carbocycles. The van der Waals surface area contributed by atoms with Gasteiger partial charge < -0.3 is 9.53 Å². The highest BCUT2D eigenvalue weighted by molar-refractivity contribution is 6.74. The third kappa shape index (κ3) is 8.92. The Morgan fingerprint density at radius 2 is 1.94 bits per heavy atom. The summed E-state index contributed by atoms with van der Waals surface area (Å²) in [7, 11) is -1.92. The van der Waals surface area contributed by atoms with Gasteiger partial charge in [0.25, 0.3) is 0 Å². The fourth-order valence-corrected chi connectivity index (χ4v) is 5.30. The summed E-state index contributed by atoms with van der Waals surface area (Å²) >= 11 is 0. The summed E-state index contributed by atoms with van der Waals surface area (Å²) in [6.07, 6.45) is 10.2. The molecule has 4 nitrogen and oxygen atoms in total. The molecule has 1 aliphatic rings. The first-order valence-corrected chi connectivity index (χ1v) is 14.9. The first kappa shape index (κ1) is 27.0. The molecule has 0 bridgehead atoms. The molecule has 1 N–H and O–H groups in total. The lowest BCUT2D eigenvalue weighted by molar-refractivity contribution is -0.136. The molecule has 1 aromatic rings. The maximum absolute atomic E-state index is 12.5. The summed E-state index contributed by atoms with van der Waals surface area (Å²) < 4.78 is 6.83. The molecule has 0 fully saturated rings. The van der Waals surface area contributed by atoms with Gasteiger partial charge in [0.1, 0.15) is 5.78 Å².